The monoisotopic (exact) mass is 374 g/mol. The molecule has 0 saturated heterocycles. The Morgan fingerprint density at radius 1 is 1.04 bits per heavy atom. The highest BCUT2D eigenvalue weighted by atomic mass is 16.4. The zero-order valence-corrected chi connectivity index (χ0v) is 16.1. The standard InChI is InChI=1S/C21H22N6O/c1-14(16-12-8-9-13-17(16)27(3)4)24-18(19(22)23-2)21-26-25-20(28-21)15-10-6-5-7-11-15/h5-13H,1H2,2-4H3,(H2,22,23). The van der Waals surface area contributed by atoms with Crippen molar-refractivity contribution in [3.8, 4) is 11.5 Å². The van der Waals surface area contributed by atoms with Crippen molar-refractivity contribution in [1.82, 2.24) is 10.2 Å². The number of hydrogen-bond acceptors (Lipinski definition) is 6. The van der Waals surface area contributed by atoms with Crippen LogP contribution < -0.4 is 10.6 Å². The quantitative estimate of drug-likeness (QED) is 0.528. The molecule has 3 aromatic rings. The molecule has 0 fully saturated rings. The lowest BCUT2D eigenvalue weighted by Crippen LogP contribution is -2.25. The summed E-state index contributed by atoms with van der Waals surface area (Å²) >= 11 is 0. The molecular weight excluding hydrogens is 352 g/mol. The molecule has 0 spiro atoms. The Morgan fingerprint density at radius 2 is 1.71 bits per heavy atom. The van der Waals surface area contributed by atoms with Crippen molar-refractivity contribution in [3.63, 3.8) is 0 Å². The average Bonchev–Trinajstić information content (AvgIpc) is 3.21. The van der Waals surface area contributed by atoms with E-state index < -0.39 is 0 Å². The summed E-state index contributed by atoms with van der Waals surface area (Å²) in [6.07, 6.45) is 0. The number of aromatic nitrogens is 2. The van der Waals surface area contributed by atoms with Gasteiger partial charge in [0.05, 0.1) is 5.70 Å². The molecule has 0 saturated carbocycles. The van der Waals surface area contributed by atoms with E-state index in [1.807, 2.05) is 73.6 Å². The van der Waals surface area contributed by atoms with Gasteiger partial charge in [0, 0.05) is 38.0 Å². The van der Waals surface area contributed by atoms with Crippen molar-refractivity contribution in [2.45, 2.75) is 0 Å². The van der Waals surface area contributed by atoms with Crippen molar-refractivity contribution in [3.05, 3.63) is 72.6 Å². The molecule has 2 aromatic carbocycles. The lowest BCUT2D eigenvalue weighted by Gasteiger charge is -2.17. The summed E-state index contributed by atoms with van der Waals surface area (Å²) in [5, 5.41) is 8.21. The second kappa shape index (κ2) is 8.30. The van der Waals surface area contributed by atoms with Crippen LogP contribution in [0.25, 0.3) is 17.2 Å². The number of hydrogen-bond donors (Lipinski definition) is 1. The average molecular weight is 374 g/mol. The summed E-state index contributed by atoms with van der Waals surface area (Å²) in [5.74, 6) is 0.753. The largest absolute Gasteiger partial charge is 0.414 e. The Morgan fingerprint density at radius 3 is 2.39 bits per heavy atom. The highest BCUT2D eigenvalue weighted by Crippen LogP contribution is 2.26. The van der Waals surface area contributed by atoms with Crippen LogP contribution in [-0.4, -0.2) is 42.9 Å². The van der Waals surface area contributed by atoms with E-state index in [4.69, 9.17) is 10.2 Å². The molecule has 1 aromatic heterocycles. The van der Waals surface area contributed by atoms with E-state index in [9.17, 15) is 0 Å². The minimum absolute atomic E-state index is 0.186. The van der Waals surface area contributed by atoms with E-state index in [1.54, 1.807) is 7.05 Å². The SMILES string of the molecule is C=C(N=C(C(N)=NC)c1nnc(-c2ccccc2)o1)c1ccccc1N(C)C. The smallest absolute Gasteiger partial charge is 0.270 e. The molecule has 0 unspecified atom stereocenters. The molecule has 0 aliphatic carbocycles. The summed E-state index contributed by atoms with van der Waals surface area (Å²) < 4.78 is 5.80. The van der Waals surface area contributed by atoms with Crippen LogP contribution in [0.1, 0.15) is 11.5 Å². The van der Waals surface area contributed by atoms with Gasteiger partial charge in [0.2, 0.25) is 5.89 Å². The molecule has 0 atom stereocenters. The van der Waals surface area contributed by atoms with Gasteiger partial charge in [0.15, 0.2) is 5.71 Å². The summed E-state index contributed by atoms with van der Waals surface area (Å²) in [6.45, 7) is 4.10. The van der Waals surface area contributed by atoms with Crippen LogP contribution in [0.3, 0.4) is 0 Å². The van der Waals surface area contributed by atoms with E-state index in [0.29, 0.717) is 11.6 Å². The molecule has 1 heterocycles. The van der Waals surface area contributed by atoms with Gasteiger partial charge in [-0.1, -0.05) is 43.0 Å². The van der Waals surface area contributed by atoms with Crippen LogP contribution in [-0.2, 0) is 0 Å². The van der Waals surface area contributed by atoms with Crippen LogP contribution >= 0.6 is 0 Å². The number of nitrogens with two attached hydrogens (primary N) is 1. The molecular formula is C21H22N6O. The van der Waals surface area contributed by atoms with Crippen molar-refractivity contribution < 1.29 is 4.42 Å². The number of benzene rings is 2. The molecule has 28 heavy (non-hydrogen) atoms. The second-order valence-corrected chi connectivity index (χ2v) is 6.21. The third-order valence-electron chi connectivity index (χ3n) is 4.08. The van der Waals surface area contributed by atoms with E-state index in [2.05, 4.69) is 26.8 Å². The molecule has 2 N–H and O–H groups in total. The Labute approximate surface area is 164 Å². The van der Waals surface area contributed by atoms with Gasteiger partial charge >= 0.3 is 0 Å². The summed E-state index contributed by atoms with van der Waals surface area (Å²) in [6, 6.07) is 17.3. The molecule has 142 valence electrons. The lowest BCUT2D eigenvalue weighted by molar-refractivity contribution is 0.559. The first-order valence-electron chi connectivity index (χ1n) is 8.67. The van der Waals surface area contributed by atoms with E-state index in [0.717, 1.165) is 16.8 Å². The normalized spacial score (nSPS) is 12.1. The molecule has 0 amide bonds. The van der Waals surface area contributed by atoms with Gasteiger partial charge in [-0.15, -0.1) is 10.2 Å². The van der Waals surface area contributed by atoms with Crippen molar-refractivity contribution >= 4 is 22.9 Å². The maximum Gasteiger partial charge on any atom is 0.270 e. The summed E-state index contributed by atoms with van der Waals surface area (Å²) in [7, 11) is 5.50. The second-order valence-electron chi connectivity index (χ2n) is 6.21. The molecule has 0 aliphatic rings. The zero-order chi connectivity index (χ0) is 20.1. The maximum atomic E-state index is 6.06. The number of aliphatic imine (C=N–C) groups is 2. The molecule has 0 radical (unpaired) electrons. The van der Waals surface area contributed by atoms with Gasteiger partial charge in [-0.2, -0.15) is 0 Å². The Hall–Kier alpha value is -3.74. The van der Waals surface area contributed by atoms with Crippen molar-refractivity contribution in [2.24, 2.45) is 15.7 Å². The van der Waals surface area contributed by atoms with Crippen LogP contribution in [0.2, 0.25) is 0 Å². The number of anilines is 1. The van der Waals surface area contributed by atoms with Crippen LogP contribution in [0.5, 0.6) is 0 Å². The first-order chi connectivity index (χ1) is 13.5. The van der Waals surface area contributed by atoms with E-state index in [1.165, 1.54) is 0 Å². The van der Waals surface area contributed by atoms with Crippen molar-refractivity contribution in [2.75, 3.05) is 26.0 Å². The van der Waals surface area contributed by atoms with E-state index >= 15 is 0 Å². The first kappa shape index (κ1) is 19.0. The van der Waals surface area contributed by atoms with Gasteiger partial charge < -0.3 is 15.1 Å². The predicted octanol–water partition coefficient (Wildman–Crippen LogP) is 3.25. The Bertz CT molecular complexity index is 1030. The number of rotatable bonds is 6. The third-order valence-corrected chi connectivity index (χ3v) is 4.08. The molecule has 0 aliphatic heterocycles. The minimum atomic E-state index is 0.186. The van der Waals surface area contributed by atoms with Crippen LogP contribution in [0.4, 0.5) is 5.69 Å². The molecule has 7 heteroatoms. The van der Waals surface area contributed by atoms with Gasteiger partial charge in [0.25, 0.3) is 5.89 Å². The predicted molar refractivity (Wildman–Crippen MR) is 114 cm³/mol. The van der Waals surface area contributed by atoms with Gasteiger partial charge in [-0.05, 0) is 18.2 Å². The summed E-state index contributed by atoms with van der Waals surface area (Å²) in [5.41, 5.74) is 9.53. The fourth-order valence-electron chi connectivity index (χ4n) is 2.64. The molecule has 7 nitrogen and oxygen atoms in total. The fourth-order valence-corrected chi connectivity index (χ4v) is 2.64. The van der Waals surface area contributed by atoms with Crippen LogP contribution in [0.15, 0.2) is 75.6 Å². The summed E-state index contributed by atoms with van der Waals surface area (Å²) in [4.78, 5) is 10.6. The molecule has 0 bridgehead atoms. The fraction of sp³-hybridized carbons (Fsp3) is 0.143. The van der Waals surface area contributed by atoms with Crippen molar-refractivity contribution in [1.29, 1.82) is 0 Å². The highest BCUT2D eigenvalue weighted by Gasteiger charge is 2.19. The van der Waals surface area contributed by atoms with Gasteiger partial charge in [-0.25, -0.2) is 4.99 Å². The zero-order valence-electron chi connectivity index (χ0n) is 16.1. The van der Waals surface area contributed by atoms with Crippen LogP contribution in [0, 0.1) is 0 Å². The third kappa shape index (κ3) is 3.98. The lowest BCUT2D eigenvalue weighted by atomic mass is 10.1. The topological polar surface area (TPSA) is 92.9 Å². The molecule has 3 rings (SSSR count). The highest BCUT2D eigenvalue weighted by molar-refractivity contribution is 6.46. The number of para-hydroxylation sites is 1. The maximum absolute atomic E-state index is 6.06. The Balaban J connectivity index is 2.03. The minimum Gasteiger partial charge on any atom is -0.414 e. The Kier molecular flexibility index (Phi) is 5.64. The van der Waals surface area contributed by atoms with Gasteiger partial charge in [-0.3, -0.25) is 4.99 Å². The van der Waals surface area contributed by atoms with Gasteiger partial charge in [0.1, 0.15) is 5.84 Å². The number of nitrogens with zero attached hydrogens (tertiary/aromatic N) is 5. The van der Waals surface area contributed by atoms with E-state index in [-0.39, 0.29) is 17.4 Å². The first-order valence-corrected chi connectivity index (χ1v) is 8.67. The number of amidine groups is 1.